The number of likely N-dealkylation sites (N-methyl/N-ethyl adjacent to an activating group) is 1. The van der Waals surface area contributed by atoms with E-state index in [0.717, 1.165) is 42.9 Å². The summed E-state index contributed by atoms with van der Waals surface area (Å²) in [5.41, 5.74) is 2.69. The van der Waals surface area contributed by atoms with Gasteiger partial charge < -0.3 is 15.0 Å². The lowest BCUT2D eigenvalue weighted by molar-refractivity contribution is 0.0966. The zero-order chi connectivity index (χ0) is 19.9. The third kappa shape index (κ3) is 5.15. The molecule has 0 spiro atoms. The molecule has 1 N–H and O–H groups in total. The number of anilines is 1. The van der Waals surface area contributed by atoms with Gasteiger partial charge in [0.05, 0.1) is 12.5 Å². The van der Waals surface area contributed by atoms with E-state index in [9.17, 15) is 4.79 Å². The fourth-order valence-electron chi connectivity index (χ4n) is 3.44. The second-order valence-corrected chi connectivity index (χ2v) is 7.60. The van der Waals surface area contributed by atoms with Crippen molar-refractivity contribution in [2.75, 3.05) is 38.6 Å². The van der Waals surface area contributed by atoms with Gasteiger partial charge in [0, 0.05) is 29.4 Å². The lowest BCUT2D eigenvalue weighted by atomic mass is 9.92. The molecule has 1 heterocycles. The Kier molecular flexibility index (Phi) is 7.12. The maximum atomic E-state index is 12.9. The summed E-state index contributed by atoms with van der Waals surface area (Å²) in [6, 6.07) is 13.0. The molecule has 1 unspecified atom stereocenters. The molecule has 28 heavy (non-hydrogen) atoms. The number of ketones is 1. The van der Waals surface area contributed by atoms with Gasteiger partial charge >= 0.3 is 0 Å². The van der Waals surface area contributed by atoms with Gasteiger partial charge in [0.1, 0.15) is 5.75 Å². The molecule has 4 nitrogen and oxygen atoms in total. The zero-order valence-corrected chi connectivity index (χ0v) is 17.0. The molecule has 0 bridgehead atoms. The minimum Gasteiger partial charge on any atom is -0.494 e. The van der Waals surface area contributed by atoms with E-state index in [1.54, 1.807) is 24.3 Å². The largest absolute Gasteiger partial charge is 0.494 e. The smallest absolute Gasteiger partial charge is 0.172 e. The van der Waals surface area contributed by atoms with Crippen molar-refractivity contribution < 1.29 is 9.53 Å². The van der Waals surface area contributed by atoms with E-state index < -0.39 is 0 Å². The number of halogens is 1. The number of fused-ring (bicyclic) bond motifs is 1. The van der Waals surface area contributed by atoms with Gasteiger partial charge in [-0.25, -0.2) is 0 Å². The van der Waals surface area contributed by atoms with Crippen LogP contribution in [0.3, 0.4) is 0 Å². The molecule has 0 fully saturated rings. The highest BCUT2D eigenvalue weighted by Gasteiger charge is 2.29. The van der Waals surface area contributed by atoms with Crippen molar-refractivity contribution in [1.82, 2.24) is 4.90 Å². The molecule has 0 radical (unpaired) electrons. The van der Waals surface area contributed by atoms with Gasteiger partial charge in [-0.3, -0.25) is 4.79 Å². The molecule has 0 aliphatic carbocycles. The lowest BCUT2D eigenvalue weighted by Crippen LogP contribution is -2.19. The van der Waals surface area contributed by atoms with Crippen molar-refractivity contribution in [2.45, 2.75) is 18.8 Å². The Balaban J connectivity index is 1.57. The zero-order valence-electron chi connectivity index (χ0n) is 16.3. The van der Waals surface area contributed by atoms with E-state index in [1.807, 2.05) is 24.3 Å². The van der Waals surface area contributed by atoms with Gasteiger partial charge in [-0.05, 0) is 74.5 Å². The summed E-state index contributed by atoms with van der Waals surface area (Å²) in [6.45, 7) is 6.96. The molecule has 0 saturated carbocycles. The van der Waals surface area contributed by atoms with Gasteiger partial charge in [-0.2, -0.15) is 0 Å². The van der Waals surface area contributed by atoms with Crippen molar-refractivity contribution in [2.24, 2.45) is 0 Å². The van der Waals surface area contributed by atoms with Crippen LogP contribution in [0.1, 0.15) is 34.7 Å². The molecule has 1 aliphatic heterocycles. The molecule has 1 atom stereocenters. The van der Waals surface area contributed by atoms with E-state index in [1.165, 1.54) is 0 Å². The molecular formula is C23H27ClN2O2. The number of nitrogens with zero attached hydrogens (tertiary/aromatic N) is 1. The molecule has 0 saturated heterocycles. The summed E-state index contributed by atoms with van der Waals surface area (Å²) in [4.78, 5) is 15.2. The van der Waals surface area contributed by atoms with Crippen LogP contribution in [-0.4, -0.2) is 44.0 Å². The lowest BCUT2D eigenvalue weighted by Gasteiger charge is -2.14. The number of Topliss-reactive ketones (excluding diaryl/α,β-unsaturated/α-hetero) is 1. The van der Waals surface area contributed by atoms with Crippen molar-refractivity contribution in [3.8, 4) is 5.75 Å². The average molecular weight is 399 g/mol. The van der Waals surface area contributed by atoms with Crippen molar-refractivity contribution in [3.05, 3.63) is 71.3 Å². The summed E-state index contributed by atoms with van der Waals surface area (Å²) in [6.07, 6.45) is 3.98. The van der Waals surface area contributed by atoms with Crippen LogP contribution in [0.4, 0.5) is 5.69 Å². The molecule has 5 heteroatoms. The number of rotatable bonds is 10. The van der Waals surface area contributed by atoms with Gasteiger partial charge in [0.2, 0.25) is 0 Å². The molecule has 2 aromatic carbocycles. The summed E-state index contributed by atoms with van der Waals surface area (Å²) in [7, 11) is 2.09. The molecular weight excluding hydrogens is 372 g/mol. The Morgan fingerprint density at radius 2 is 2.07 bits per heavy atom. The van der Waals surface area contributed by atoms with Gasteiger partial charge in [0.15, 0.2) is 5.78 Å². The molecule has 148 valence electrons. The van der Waals surface area contributed by atoms with E-state index in [4.69, 9.17) is 16.3 Å². The number of unbranched alkanes of at least 4 members (excludes halogenated alkanes) is 1. The monoisotopic (exact) mass is 398 g/mol. The minimum absolute atomic E-state index is 0.102. The Morgan fingerprint density at radius 3 is 2.82 bits per heavy atom. The topological polar surface area (TPSA) is 41.6 Å². The highest BCUT2D eigenvalue weighted by molar-refractivity contribution is 6.30. The highest BCUT2D eigenvalue weighted by atomic mass is 35.5. The second kappa shape index (κ2) is 9.76. The predicted molar refractivity (Wildman–Crippen MR) is 116 cm³/mol. The summed E-state index contributed by atoms with van der Waals surface area (Å²) in [5.74, 6) is 0.716. The first-order valence-corrected chi connectivity index (χ1v) is 10.1. The normalized spacial score (nSPS) is 15.2. The number of carbonyl (C=O) groups is 1. The maximum Gasteiger partial charge on any atom is 0.172 e. The number of ether oxygens (including phenoxy) is 1. The summed E-state index contributed by atoms with van der Waals surface area (Å²) in [5, 5.41) is 3.96. The SMILES string of the molecule is C=CCN(C)CCCCOc1ccc2c(c1)C(C(=O)c1ccc(Cl)cc1)CN2. The first-order chi connectivity index (χ1) is 13.6. The third-order valence-electron chi connectivity index (χ3n) is 4.98. The van der Waals surface area contributed by atoms with Gasteiger partial charge in [-0.15, -0.1) is 6.58 Å². The number of hydrogen-bond acceptors (Lipinski definition) is 4. The second-order valence-electron chi connectivity index (χ2n) is 7.16. The van der Waals surface area contributed by atoms with Crippen LogP contribution in [0.5, 0.6) is 5.75 Å². The standard InChI is InChI=1S/C23H27ClN2O2/c1-3-12-26(2)13-4-5-14-28-19-10-11-22-20(15-19)21(16-25-22)23(27)17-6-8-18(24)9-7-17/h3,6-11,15,21,25H,1,4-5,12-14,16H2,2H3. The fourth-order valence-corrected chi connectivity index (χ4v) is 3.56. The third-order valence-corrected chi connectivity index (χ3v) is 5.24. The van der Waals surface area contributed by atoms with Gasteiger partial charge in [0.25, 0.3) is 0 Å². The van der Waals surface area contributed by atoms with Crippen LogP contribution in [0.2, 0.25) is 5.02 Å². The van der Waals surface area contributed by atoms with Crippen molar-refractivity contribution in [3.63, 3.8) is 0 Å². The Bertz CT molecular complexity index is 820. The van der Waals surface area contributed by atoms with Crippen molar-refractivity contribution in [1.29, 1.82) is 0 Å². The highest BCUT2D eigenvalue weighted by Crippen LogP contribution is 2.36. The average Bonchev–Trinajstić information content (AvgIpc) is 3.11. The van der Waals surface area contributed by atoms with Crippen molar-refractivity contribution >= 4 is 23.1 Å². The van der Waals surface area contributed by atoms with Crippen LogP contribution in [0.15, 0.2) is 55.1 Å². The first-order valence-electron chi connectivity index (χ1n) is 9.68. The van der Waals surface area contributed by atoms with Crippen LogP contribution in [0, 0.1) is 0 Å². The van der Waals surface area contributed by atoms with Crippen LogP contribution in [-0.2, 0) is 0 Å². The molecule has 1 aliphatic rings. The van der Waals surface area contributed by atoms with Crippen LogP contribution in [0.25, 0.3) is 0 Å². The molecule has 0 aromatic heterocycles. The Hall–Kier alpha value is -2.30. The van der Waals surface area contributed by atoms with E-state index in [2.05, 4.69) is 23.8 Å². The predicted octanol–water partition coefficient (Wildman–Crippen LogP) is 5.01. The van der Waals surface area contributed by atoms with Gasteiger partial charge in [-0.1, -0.05) is 17.7 Å². The Morgan fingerprint density at radius 1 is 1.29 bits per heavy atom. The minimum atomic E-state index is -0.202. The Labute approximate surface area is 172 Å². The van der Waals surface area contributed by atoms with Crippen LogP contribution < -0.4 is 10.1 Å². The number of benzene rings is 2. The first kappa shape index (κ1) is 20.4. The van der Waals surface area contributed by atoms with Crippen LogP contribution >= 0.6 is 11.6 Å². The molecule has 3 rings (SSSR count). The molecule has 2 aromatic rings. The quantitative estimate of drug-likeness (QED) is 0.347. The summed E-state index contributed by atoms with van der Waals surface area (Å²) < 4.78 is 5.93. The fraction of sp³-hybridized carbons (Fsp3) is 0.348. The van der Waals surface area contributed by atoms with E-state index >= 15 is 0 Å². The molecule has 0 amide bonds. The van der Waals surface area contributed by atoms with E-state index in [-0.39, 0.29) is 11.7 Å². The van der Waals surface area contributed by atoms with E-state index in [0.29, 0.717) is 23.7 Å². The number of nitrogens with one attached hydrogen (secondary N) is 1. The number of hydrogen-bond donors (Lipinski definition) is 1. The summed E-state index contributed by atoms with van der Waals surface area (Å²) >= 11 is 5.93. The maximum absolute atomic E-state index is 12.9. The number of carbonyl (C=O) groups excluding carboxylic acids is 1.